The van der Waals surface area contributed by atoms with E-state index in [9.17, 15) is 28.9 Å². The molecule has 0 aliphatic carbocycles. The fraction of sp³-hybridized carbons (Fsp3) is 0.707. The number of unbranched alkanes of at least 4 members (excludes halogenated alkanes) is 19. The number of allylic oxidation sites excluding steroid dienone is 14. The van der Waals surface area contributed by atoms with E-state index in [0.717, 1.165) is 135 Å². The van der Waals surface area contributed by atoms with Crippen molar-refractivity contribution in [1.29, 1.82) is 0 Å². The molecule has 0 spiro atoms. The fourth-order valence-electron chi connectivity index (χ4n) is 7.18. The van der Waals surface area contributed by atoms with Crippen LogP contribution in [0.3, 0.4) is 0 Å². The van der Waals surface area contributed by atoms with Crippen molar-refractivity contribution in [1.82, 2.24) is 0 Å². The first-order chi connectivity index (χ1) is 34.2. The fourth-order valence-corrected chi connectivity index (χ4v) is 7.97. The molecular weight excluding hydrogens is 904 g/mol. The van der Waals surface area contributed by atoms with E-state index in [1.54, 1.807) is 0 Å². The Bertz CT molecular complexity index is 1500. The van der Waals surface area contributed by atoms with Crippen LogP contribution in [0.1, 0.15) is 226 Å². The molecule has 0 aliphatic heterocycles. The lowest BCUT2D eigenvalue weighted by molar-refractivity contribution is -0.161. The van der Waals surface area contributed by atoms with Gasteiger partial charge in [0.2, 0.25) is 0 Å². The highest BCUT2D eigenvalue weighted by Crippen LogP contribution is 2.43. The average Bonchev–Trinajstić information content (AvgIpc) is 3.35. The van der Waals surface area contributed by atoms with Crippen LogP contribution < -0.4 is 0 Å². The number of hydrogen-bond acceptors (Lipinski definition) is 10. The van der Waals surface area contributed by atoms with E-state index in [1.807, 2.05) is 0 Å². The van der Waals surface area contributed by atoms with Gasteiger partial charge in [0.15, 0.2) is 6.10 Å². The minimum Gasteiger partial charge on any atom is -0.462 e. The molecule has 0 rings (SSSR count). The Kier molecular flexibility index (Phi) is 49.5. The van der Waals surface area contributed by atoms with Crippen molar-refractivity contribution in [3.63, 3.8) is 0 Å². The number of aliphatic hydroxyl groups excluding tert-OH is 1. The van der Waals surface area contributed by atoms with Gasteiger partial charge in [0, 0.05) is 19.3 Å². The Labute approximate surface area is 426 Å². The van der Waals surface area contributed by atoms with Gasteiger partial charge in [-0.3, -0.25) is 23.4 Å². The van der Waals surface area contributed by atoms with Crippen LogP contribution in [0, 0.1) is 0 Å². The molecule has 2 N–H and O–H groups in total. The zero-order chi connectivity index (χ0) is 51.3. The molecule has 3 unspecified atom stereocenters. The number of aliphatic hydroxyl groups is 1. The molecule has 0 amide bonds. The third-order valence-electron chi connectivity index (χ3n) is 11.3. The highest BCUT2D eigenvalue weighted by Gasteiger charge is 2.28. The number of carbonyl (C=O) groups excluding carboxylic acids is 3. The standard InChI is InChI=1S/C58H99O11P/c1-4-7-10-13-16-19-21-23-25-26-27-28-30-31-33-36-38-41-44-47-56(60)65-51-55(69-58(62)49-46-43-40-37-34-32-29-24-22-20-17-14-11-8-5-2)53-67-70(63,64)66-52-54(50-59)68-57(61)48-45-42-39-35-18-15-12-9-6-3/h7-8,10-11,16-17,19-20,23-25,27-29,54-55,59H,4-6,9,12-15,18,21-22,26,30-53H2,1-3H3,(H,63,64)/b10-7-,11-8-,19-16-,20-17-,25-23-,28-27-,29-24-. The van der Waals surface area contributed by atoms with Crippen LogP contribution in [0.2, 0.25) is 0 Å². The lowest BCUT2D eigenvalue weighted by Crippen LogP contribution is -2.30. The Morgan fingerprint density at radius 2 is 0.743 bits per heavy atom. The predicted octanol–water partition coefficient (Wildman–Crippen LogP) is 15.9. The largest absolute Gasteiger partial charge is 0.472 e. The molecule has 0 heterocycles. The van der Waals surface area contributed by atoms with Crippen LogP contribution in [-0.2, 0) is 42.2 Å². The highest BCUT2D eigenvalue weighted by molar-refractivity contribution is 7.47. The molecule has 0 fully saturated rings. The SMILES string of the molecule is CC/C=C\C/C=C\C/C=C\C/C=C\CCCCCCCCC(=O)OCC(COP(=O)(O)OCC(CO)OC(=O)CCCCCCCCCCC)OC(=O)CCCCCCC/C=C\C/C=C\C/C=C\CC. The van der Waals surface area contributed by atoms with Crippen molar-refractivity contribution < 1.29 is 52.2 Å². The second kappa shape index (κ2) is 52.0. The minimum absolute atomic E-state index is 0.142. The van der Waals surface area contributed by atoms with Crippen molar-refractivity contribution in [2.45, 2.75) is 238 Å². The number of hydrogen-bond donors (Lipinski definition) is 2. The second-order valence-electron chi connectivity index (χ2n) is 18.0. The maximum Gasteiger partial charge on any atom is 0.472 e. The third-order valence-corrected chi connectivity index (χ3v) is 12.3. The summed E-state index contributed by atoms with van der Waals surface area (Å²) in [5.74, 6) is -1.50. The molecule has 70 heavy (non-hydrogen) atoms. The molecule has 3 atom stereocenters. The average molecular weight is 1000 g/mol. The Hall–Kier alpha value is -3.34. The summed E-state index contributed by atoms with van der Waals surface area (Å²) in [6, 6.07) is 0. The topological polar surface area (TPSA) is 155 Å². The molecule has 0 saturated carbocycles. The maximum atomic E-state index is 12.9. The summed E-state index contributed by atoms with van der Waals surface area (Å²) >= 11 is 0. The number of rotatable bonds is 50. The molecule has 12 heteroatoms. The number of phosphoric ester groups is 1. The molecule has 0 aromatic carbocycles. The summed E-state index contributed by atoms with van der Waals surface area (Å²) in [4.78, 5) is 48.4. The van der Waals surface area contributed by atoms with Crippen molar-refractivity contribution >= 4 is 25.7 Å². The Morgan fingerprint density at radius 1 is 0.414 bits per heavy atom. The zero-order valence-corrected chi connectivity index (χ0v) is 45.1. The van der Waals surface area contributed by atoms with E-state index in [2.05, 4.69) is 106 Å². The van der Waals surface area contributed by atoms with E-state index in [4.69, 9.17) is 23.3 Å². The first-order valence-corrected chi connectivity index (χ1v) is 29.0. The van der Waals surface area contributed by atoms with Crippen LogP contribution in [0.4, 0.5) is 0 Å². The number of esters is 3. The zero-order valence-electron chi connectivity index (χ0n) is 44.2. The quantitative estimate of drug-likeness (QED) is 0.0197. The summed E-state index contributed by atoms with van der Waals surface area (Å²) < 4.78 is 39.4. The van der Waals surface area contributed by atoms with Gasteiger partial charge >= 0.3 is 25.7 Å². The van der Waals surface area contributed by atoms with Gasteiger partial charge in [-0.2, -0.15) is 0 Å². The van der Waals surface area contributed by atoms with Crippen LogP contribution in [-0.4, -0.2) is 66.5 Å². The van der Waals surface area contributed by atoms with Gasteiger partial charge in [-0.15, -0.1) is 0 Å². The molecule has 0 aromatic rings. The van der Waals surface area contributed by atoms with Gasteiger partial charge in [0.05, 0.1) is 19.8 Å². The van der Waals surface area contributed by atoms with Crippen LogP contribution in [0.25, 0.3) is 0 Å². The second-order valence-corrected chi connectivity index (χ2v) is 19.4. The van der Waals surface area contributed by atoms with Crippen molar-refractivity contribution in [3.8, 4) is 0 Å². The van der Waals surface area contributed by atoms with E-state index in [1.165, 1.54) is 32.1 Å². The van der Waals surface area contributed by atoms with E-state index in [-0.39, 0.29) is 25.9 Å². The lowest BCUT2D eigenvalue weighted by atomic mass is 10.1. The minimum atomic E-state index is -4.75. The van der Waals surface area contributed by atoms with Gasteiger partial charge in [-0.25, -0.2) is 4.57 Å². The van der Waals surface area contributed by atoms with Crippen molar-refractivity contribution in [2.24, 2.45) is 0 Å². The third kappa shape index (κ3) is 49.6. The number of carbonyl (C=O) groups is 3. The maximum absolute atomic E-state index is 12.9. The molecule has 0 radical (unpaired) electrons. The van der Waals surface area contributed by atoms with Gasteiger partial charge < -0.3 is 24.2 Å². The van der Waals surface area contributed by atoms with Crippen molar-refractivity contribution in [2.75, 3.05) is 26.4 Å². The van der Waals surface area contributed by atoms with Crippen LogP contribution >= 0.6 is 7.82 Å². The molecule has 0 saturated heterocycles. The monoisotopic (exact) mass is 1000 g/mol. The van der Waals surface area contributed by atoms with Gasteiger partial charge in [-0.05, 0) is 89.9 Å². The first-order valence-electron chi connectivity index (χ1n) is 27.5. The Balaban J connectivity index is 4.77. The normalized spacial score (nSPS) is 14.1. The molecule has 0 aromatic heterocycles. The van der Waals surface area contributed by atoms with E-state index >= 15 is 0 Å². The van der Waals surface area contributed by atoms with E-state index in [0.29, 0.717) is 19.3 Å². The lowest BCUT2D eigenvalue weighted by Gasteiger charge is -2.21. The summed E-state index contributed by atoms with van der Waals surface area (Å²) in [5, 5.41) is 9.76. The summed E-state index contributed by atoms with van der Waals surface area (Å²) in [6.45, 7) is 4.35. The molecule has 0 bridgehead atoms. The van der Waals surface area contributed by atoms with Gasteiger partial charge in [0.25, 0.3) is 0 Å². The molecule has 402 valence electrons. The van der Waals surface area contributed by atoms with Gasteiger partial charge in [-0.1, -0.05) is 202 Å². The summed E-state index contributed by atoms with van der Waals surface area (Å²) in [5.41, 5.74) is 0. The van der Waals surface area contributed by atoms with Crippen molar-refractivity contribution in [3.05, 3.63) is 85.1 Å². The Morgan fingerprint density at radius 3 is 1.14 bits per heavy atom. The van der Waals surface area contributed by atoms with Crippen LogP contribution in [0.5, 0.6) is 0 Å². The molecule has 11 nitrogen and oxygen atoms in total. The highest BCUT2D eigenvalue weighted by atomic mass is 31.2. The number of ether oxygens (including phenoxy) is 3. The molecule has 0 aliphatic rings. The van der Waals surface area contributed by atoms with Gasteiger partial charge in [0.1, 0.15) is 12.7 Å². The van der Waals surface area contributed by atoms with E-state index < -0.39 is 57.8 Å². The van der Waals surface area contributed by atoms with Crippen LogP contribution in [0.15, 0.2) is 85.1 Å². The summed E-state index contributed by atoms with van der Waals surface area (Å²) in [7, 11) is -4.75. The summed E-state index contributed by atoms with van der Waals surface area (Å²) in [6.07, 6.45) is 58.4. The predicted molar refractivity (Wildman–Crippen MR) is 288 cm³/mol. The molecular formula is C58H99O11P. The first kappa shape index (κ1) is 66.7. The smallest absolute Gasteiger partial charge is 0.462 e. The number of phosphoric acid groups is 1.